The molecule has 1 saturated heterocycles. The topological polar surface area (TPSA) is 23.6 Å². The Morgan fingerprint density at radius 3 is 2.46 bits per heavy atom. The Kier molecular flexibility index (Phi) is 5.99. The summed E-state index contributed by atoms with van der Waals surface area (Å²) in [4.78, 5) is 16.9. The second-order valence-corrected chi connectivity index (χ2v) is 6.62. The first kappa shape index (κ1) is 18.5. The Balaban J connectivity index is 1.59. The van der Waals surface area contributed by atoms with Gasteiger partial charge in [0.25, 0.3) is 12.3 Å². The molecule has 0 N–H and O–H groups in total. The van der Waals surface area contributed by atoms with Crippen LogP contribution >= 0.6 is 0 Å². The molecule has 0 bridgehead atoms. The monoisotopic (exact) mass is 358 g/mol. The number of alkyl halides is 2. The van der Waals surface area contributed by atoms with Crippen LogP contribution in [0.5, 0.6) is 0 Å². The van der Waals surface area contributed by atoms with E-state index in [2.05, 4.69) is 11.8 Å². The number of amides is 1. The van der Waals surface area contributed by atoms with E-state index in [0.717, 1.165) is 36.2 Å². The van der Waals surface area contributed by atoms with E-state index in [1.54, 1.807) is 12.1 Å². The van der Waals surface area contributed by atoms with Crippen LogP contribution in [-0.4, -0.2) is 41.9 Å². The fraction of sp³-hybridized carbons (Fsp3) is 0.381. The third kappa shape index (κ3) is 4.28. The third-order valence-electron chi connectivity index (χ3n) is 4.90. The van der Waals surface area contributed by atoms with Crippen LogP contribution < -0.4 is 0 Å². The first-order valence-corrected chi connectivity index (χ1v) is 9.05. The average molecular weight is 358 g/mol. The minimum absolute atomic E-state index is 0.0625. The van der Waals surface area contributed by atoms with Crippen molar-refractivity contribution in [3.05, 3.63) is 70.8 Å². The van der Waals surface area contributed by atoms with Crippen molar-refractivity contribution < 1.29 is 13.6 Å². The standard InChI is InChI=1S/C21H24F2N2O/c1-2-17-7-3-4-9-19(17)21(26)25-12-10-24(11-13-25)15-16-6-5-8-18(14-16)20(22)23/h3-9,14,20H,2,10-13,15H2,1H3. The first-order chi connectivity index (χ1) is 12.6. The highest BCUT2D eigenvalue weighted by Gasteiger charge is 2.23. The summed E-state index contributed by atoms with van der Waals surface area (Å²) in [6.07, 6.45) is -1.61. The molecule has 0 spiro atoms. The van der Waals surface area contributed by atoms with Gasteiger partial charge in [-0.25, -0.2) is 8.78 Å². The minimum atomic E-state index is -2.44. The van der Waals surface area contributed by atoms with Gasteiger partial charge in [0.05, 0.1) is 0 Å². The number of hydrogen-bond acceptors (Lipinski definition) is 2. The van der Waals surface area contributed by atoms with Crippen molar-refractivity contribution in [1.82, 2.24) is 9.80 Å². The number of piperazine rings is 1. The van der Waals surface area contributed by atoms with E-state index in [1.165, 1.54) is 6.07 Å². The maximum atomic E-state index is 12.8. The van der Waals surface area contributed by atoms with E-state index in [9.17, 15) is 13.6 Å². The van der Waals surface area contributed by atoms with Gasteiger partial charge in [0, 0.05) is 43.9 Å². The van der Waals surface area contributed by atoms with Gasteiger partial charge in [-0.15, -0.1) is 0 Å². The van der Waals surface area contributed by atoms with E-state index < -0.39 is 6.43 Å². The predicted molar refractivity (Wildman–Crippen MR) is 98.4 cm³/mol. The fourth-order valence-corrected chi connectivity index (χ4v) is 3.40. The first-order valence-electron chi connectivity index (χ1n) is 9.05. The molecule has 1 fully saturated rings. The minimum Gasteiger partial charge on any atom is -0.336 e. The summed E-state index contributed by atoms with van der Waals surface area (Å²) in [5.74, 6) is 0.0850. The van der Waals surface area contributed by atoms with Crippen molar-refractivity contribution in [3.8, 4) is 0 Å². The van der Waals surface area contributed by atoms with Gasteiger partial charge in [0.15, 0.2) is 0 Å². The molecule has 1 amide bonds. The normalized spacial score (nSPS) is 15.5. The molecular formula is C21H24F2N2O. The van der Waals surface area contributed by atoms with Gasteiger partial charge in [-0.1, -0.05) is 43.3 Å². The second kappa shape index (κ2) is 8.41. The molecule has 1 aliphatic rings. The lowest BCUT2D eigenvalue weighted by atomic mass is 10.0. The van der Waals surface area contributed by atoms with Gasteiger partial charge in [0.1, 0.15) is 0 Å². The molecule has 2 aromatic rings. The van der Waals surface area contributed by atoms with Gasteiger partial charge < -0.3 is 4.90 Å². The largest absolute Gasteiger partial charge is 0.336 e. The molecule has 0 radical (unpaired) electrons. The molecule has 3 rings (SSSR count). The van der Waals surface area contributed by atoms with E-state index in [1.807, 2.05) is 35.2 Å². The number of aryl methyl sites for hydroxylation is 1. The van der Waals surface area contributed by atoms with Crippen LogP contribution in [0.3, 0.4) is 0 Å². The van der Waals surface area contributed by atoms with E-state index in [-0.39, 0.29) is 11.5 Å². The van der Waals surface area contributed by atoms with Crippen molar-refractivity contribution in [2.24, 2.45) is 0 Å². The van der Waals surface area contributed by atoms with Crippen LogP contribution in [-0.2, 0) is 13.0 Å². The Labute approximate surface area is 153 Å². The maximum Gasteiger partial charge on any atom is 0.263 e. The molecule has 5 heteroatoms. The van der Waals surface area contributed by atoms with Gasteiger partial charge in [-0.05, 0) is 29.7 Å². The highest BCUT2D eigenvalue weighted by Crippen LogP contribution is 2.21. The molecule has 0 aliphatic carbocycles. The second-order valence-electron chi connectivity index (χ2n) is 6.62. The zero-order valence-corrected chi connectivity index (χ0v) is 15.0. The van der Waals surface area contributed by atoms with E-state index >= 15 is 0 Å². The van der Waals surface area contributed by atoms with Crippen LogP contribution in [0.2, 0.25) is 0 Å². The van der Waals surface area contributed by atoms with Crippen LogP contribution in [0.25, 0.3) is 0 Å². The molecular weight excluding hydrogens is 334 g/mol. The summed E-state index contributed by atoms with van der Waals surface area (Å²) in [5, 5.41) is 0. The Morgan fingerprint density at radius 2 is 1.77 bits per heavy atom. The number of carbonyl (C=O) groups is 1. The zero-order chi connectivity index (χ0) is 18.5. The Bertz CT molecular complexity index is 755. The SMILES string of the molecule is CCc1ccccc1C(=O)N1CCN(Cc2cccc(C(F)F)c2)CC1. The van der Waals surface area contributed by atoms with Gasteiger partial charge in [-0.2, -0.15) is 0 Å². The summed E-state index contributed by atoms with van der Waals surface area (Å²) in [7, 11) is 0. The Morgan fingerprint density at radius 1 is 1.04 bits per heavy atom. The zero-order valence-electron chi connectivity index (χ0n) is 15.0. The van der Waals surface area contributed by atoms with Gasteiger partial charge in [-0.3, -0.25) is 9.69 Å². The molecule has 1 aliphatic heterocycles. The highest BCUT2D eigenvalue weighted by atomic mass is 19.3. The van der Waals surface area contributed by atoms with Crippen molar-refractivity contribution in [1.29, 1.82) is 0 Å². The van der Waals surface area contributed by atoms with Gasteiger partial charge >= 0.3 is 0 Å². The molecule has 0 unspecified atom stereocenters. The third-order valence-corrected chi connectivity index (χ3v) is 4.90. The summed E-state index contributed by atoms with van der Waals surface area (Å²) in [5.41, 5.74) is 2.81. The number of rotatable bonds is 5. The molecule has 1 heterocycles. The molecule has 0 saturated carbocycles. The van der Waals surface area contributed by atoms with Crippen molar-refractivity contribution in [2.45, 2.75) is 26.3 Å². The van der Waals surface area contributed by atoms with Crippen molar-refractivity contribution in [3.63, 3.8) is 0 Å². The summed E-state index contributed by atoms with van der Waals surface area (Å²) in [6.45, 7) is 5.50. The fourth-order valence-electron chi connectivity index (χ4n) is 3.40. The molecule has 3 nitrogen and oxygen atoms in total. The van der Waals surface area contributed by atoms with Crippen LogP contribution in [0.15, 0.2) is 48.5 Å². The number of nitrogens with zero attached hydrogens (tertiary/aromatic N) is 2. The number of carbonyl (C=O) groups excluding carboxylic acids is 1. The average Bonchev–Trinajstić information content (AvgIpc) is 2.68. The lowest BCUT2D eigenvalue weighted by Crippen LogP contribution is -2.48. The molecule has 26 heavy (non-hydrogen) atoms. The Hall–Kier alpha value is -2.27. The molecule has 138 valence electrons. The van der Waals surface area contributed by atoms with Crippen molar-refractivity contribution >= 4 is 5.91 Å². The summed E-state index contributed by atoms with van der Waals surface area (Å²) < 4.78 is 25.7. The lowest BCUT2D eigenvalue weighted by Gasteiger charge is -2.35. The smallest absolute Gasteiger partial charge is 0.263 e. The number of halogens is 2. The molecule has 2 aromatic carbocycles. The number of benzene rings is 2. The van der Waals surface area contributed by atoms with Crippen LogP contribution in [0, 0.1) is 0 Å². The van der Waals surface area contributed by atoms with Crippen LogP contribution in [0.4, 0.5) is 8.78 Å². The summed E-state index contributed by atoms with van der Waals surface area (Å²) >= 11 is 0. The van der Waals surface area contributed by atoms with Crippen LogP contribution in [0.1, 0.15) is 40.4 Å². The highest BCUT2D eigenvalue weighted by molar-refractivity contribution is 5.95. The van der Waals surface area contributed by atoms with Crippen molar-refractivity contribution in [2.75, 3.05) is 26.2 Å². The number of hydrogen-bond donors (Lipinski definition) is 0. The maximum absolute atomic E-state index is 12.8. The summed E-state index contributed by atoms with van der Waals surface area (Å²) in [6, 6.07) is 14.3. The molecule has 0 aromatic heterocycles. The van der Waals surface area contributed by atoms with Gasteiger partial charge in [0.2, 0.25) is 0 Å². The molecule has 0 atom stereocenters. The van der Waals surface area contributed by atoms with E-state index in [4.69, 9.17) is 0 Å². The lowest BCUT2D eigenvalue weighted by molar-refractivity contribution is 0.0627. The quantitative estimate of drug-likeness (QED) is 0.802. The predicted octanol–water partition coefficient (Wildman–Crippen LogP) is 4.14. The van der Waals surface area contributed by atoms with E-state index in [0.29, 0.717) is 19.6 Å².